The summed E-state index contributed by atoms with van der Waals surface area (Å²) in [7, 11) is -1.97. The molecule has 0 aliphatic rings. The van der Waals surface area contributed by atoms with Crippen LogP contribution in [0, 0.1) is 34.9 Å². The van der Waals surface area contributed by atoms with Crippen LogP contribution in [-0.2, 0) is 0 Å². The van der Waals surface area contributed by atoms with Gasteiger partial charge in [-0.1, -0.05) is 24.3 Å². The van der Waals surface area contributed by atoms with Gasteiger partial charge in [-0.15, -0.1) is 0 Å². The summed E-state index contributed by atoms with van der Waals surface area (Å²) >= 11 is 6.65. The fourth-order valence-electron chi connectivity index (χ4n) is 4.66. The summed E-state index contributed by atoms with van der Waals surface area (Å²) in [4.78, 5) is 17.3. The first kappa shape index (κ1) is 39.0. The van der Waals surface area contributed by atoms with Crippen LogP contribution in [0.3, 0.4) is 0 Å². The maximum absolute atomic E-state index is 14.1. The quantitative estimate of drug-likeness (QED) is 0.102. The lowest BCUT2D eigenvalue weighted by atomic mass is 9.80. The maximum atomic E-state index is 14.1. The van der Waals surface area contributed by atoms with Crippen LogP contribution in [0.5, 0.6) is 0 Å². The second kappa shape index (κ2) is 18.0. The van der Waals surface area contributed by atoms with Crippen LogP contribution in [0.4, 0.5) is 26.3 Å². The van der Waals surface area contributed by atoms with Gasteiger partial charge in [0.2, 0.25) is 0 Å². The monoisotopic (exact) mass is 850 g/mol. The molecule has 4 heterocycles. The van der Waals surface area contributed by atoms with E-state index in [-0.39, 0.29) is 22.5 Å². The number of aromatic nitrogens is 4. The van der Waals surface area contributed by atoms with Gasteiger partial charge in [-0.2, -0.15) is 0 Å². The maximum Gasteiger partial charge on any atom is 0.491 e. The Morgan fingerprint density at radius 1 is 0.396 bits per heavy atom. The Bertz CT molecular complexity index is 2240. The molecule has 7 aromatic rings. The SMILES string of the molecule is Brc1cccc(-c2cccc(Br)n2)n1.Fc1ccc(F)c(-c2cccc(-c3cccc(-c4cc(F)ccc4F)n3)n2)c1.OB(O)c1cc(F)ccc1F. The highest BCUT2D eigenvalue weighted by molar-refractivity contribution is 9.10. The minimum atomic E-state index is -1.97. The molecule has 0 bridgehead atoms. The summed E-state index contributed by atoms with van der Waals surface area (Å²) in [5, 5.41) is 17.0. The number of rotatable bonds is 5. The lowest BCUT2D eigenvalue weighted by Gasteiger charge is -2.08. The van der Waals surface area contributed by atoms with Crippen LogP contribution in [0.1, 0.15) is 0 Å². The van der Waals surface area contributed by atoms with E-state index in [1.54, 1.807) is 36.4 Å². The Kier molecular flexibility index (Phi) is 13.3. The third-order valence-corrected chi connectivity index (χ3v) is 7.98. The molecule has 2 N–H and O–H groups in total. The van der Waals surface area contributed by atoms with Gasteiger partial charge in [0.25, 0.3) is 0 Å². The van der Waals surface area contributed by atoms with E-state index in [1.165, 1.54) is 0 Å². The van der Waals surface area contributed by atoms with E-state index in [1.807, 2.05) is 36.4 Å². The molecule has 4 aromatic heterocycles. The molecule has 15 heteroatoms. The van der Waals surface area contributed by atoms with Crippen LogP contribution in [0.25, 0.3) is 45.3 Å². The van der Waals surface area contributed by atoms with E-state index >= 15 is 0 Å². The molecule has 0 saturated heterocycles. The molecule has 0 unspecified atom stereocenters. The first-order chi connectivity index (χ1) is 25.4. The van der Waals surface area contributed by atoms with Crippen molar-refractivity contribution in [3.8, 4) is 45.3 Å². The average molecular weight is 852 g/mol. The van der Waals surface area contributed by atoms with Gasteiger partial charge in [0.15, 0.2) is 0 Å². The van der Waals surface area contributed by atoms with Crippen molar-refractivity contribution in [1.82, 2.24) is 19.9 Å². The van der Waals surface area contributed by atoms with Crippen LogP contribution in [-0.4, -0.2) is 37.1 Å². The minimum Gasteiger partial charge on any atom is -0.423 e. The lowest BCUT2D eigenvalue weighted by Crippen LogP contribution is -2.32. The molecule has 6 nitrogen and oxygen atoms in total. The topological polar surface area (TPSA) is 92.0 Å². The highest BCUT2D eigenvalue weighted by atomic mass is 79.9. The van der Waals surface area contributed by atoms with Crippen molar-refractivity contribution in [1.29, 1.82) is 0 Å². The van der Waals surface area contributed by atoms with E-state index in [2.05, 4.69) is 51.8 Å². The van der Waals surface area contributed by atoms with Crippen molar-refractivity contribution in [2.24, 2.45) is 0 Å². The van der Waals surface area contributed by atoms with Gasteiger partial charge in [0, 0.05) is 16.6 Å². The first-order valence-electron chi connectivity index (χ1n) is 15.3. The number of hydrogen-bond donors (Lipinski definition) is 2. The zero-order valence-electron chi connectivity index (χ0n) is 26.9. The fourth-order valence-corrected chi connectivity index (χ4v) is 5.34. The summed E-state index contributed by atoms with van der Waals surface area (Å²) < 4.78 is 81.6. The van der Waals surface area contributed by atoms with Gasteiger partial charge < -0.3 is 10.0 Å². The highest BCUT2D eigenvalue weighted by Gasteiger charge is 2.17. The molecule has 0 atom stereocenters. The van der Waals surface area contributed by atoms with E-state index < -0.39 is 47.5 Å². The number of pyridine rings is 4. The second-order valence-corrected chi connectivity index (χ2v) is 12.4. The van der Waals surface area contributed by atoms with Crippen molar-refractivity contribution in [3.05, 3.63) is 172 Å². The molecule has 0 amide bonds. The number of halogens is 8. The Morgan fingerprint density at radius 3 is 1.11 bits per heavy atom. The van der Waals surface area contributed by atoms with E-state index in [0.717, 1.165) is 75.2 Å². The third-order valence-electron chi connectivity index (χ3n) is 7.10. The molecule has 0 fully saturated rings. The first-order valence-corrected chi connectivity index (χ1v) is 16.9. The summed E-state index contributed by atoms with van der Waals surface area (Å²) in [5.74, 6) is -3.89. The smallest absolute Gasteiger partial charge is 0.423 e. The Labute approximate surface area is 316 Å². The predicted molar refractivity (Wildman–Crippen MR) is 197 cm³/mol. The largest absolute Gasteiger partial charge is 0.491 e. The molecule has 0 saturated carbocycles. The molecule has 7 rings (SSSR count). The summed E-state index contributed by atoms with van der Waals surface area (Å²) in [6.45, 7) is 0. The van der Waals surface area contributed by atoms with Crippen LogP contribution in [0.15, 0.2) is 137 Å². The van der Waals surface area contributed by atoms with Gasteiger partial charge in [0.1, 0.15) is 44.1 Å². The fraction of sp³-hybridized carbons (Fsp3) is 0. The van der Waals surface area contributed by atoms with Gasteiger partial charge in [-0.3, -0.25) is 0 Å². The second-order valence-electron chi connectivity index (χ2n) is 10.8. The molecule has 0 spiro atoms. The number of nitrogens with zero attached hydrogens (tertiary/aromatic N) is 4. The summed E-state index contributed by atoms with van der Waals surface area (Å²) in [6, 6.07) is 29.9. The predicted octanol–water partition coefficient (Wildman–Crippen LogP) is 9.35. The standard InChI is InChI=1S/C22H12F4N2.C10H6Br2N2.C6H5BF2O2/c23-13-7-9-17(25)15(11-13)19-3-1-5-21(27-19)22-6-2-4-20(28-22)16-12-14(24)8-10-18(16)26;11-9-5-1-3-7(13-9)8-4-2-6-10(12)14-8;8-4-1-2-6(9)5(3-4)7(10)11/h1-12H;1-6H;1-3,10-11H. The van der Waals surface area contributed by atoms with Crippen molar-refractivity contribution in [3.63, 3.8) is 0 Å². The van der Waals surface area contributed by atoms with Crippen LogP contribution in [0.2, 0.25) is 0 Å². The van der Waals surface area contributed by atoms with Crippen LogP contribution < -0.4 is 5.46 Å². The molecule has 0 radical (unpaired) electrons. The van der Waals surface area contributed by atoms with Crippen LogP contribution >= 0.6 is 31.9 Å². The normalized spacial score (nSPS) is 10.5. The number of benzene rings is 3. The van der Waals surface area contributed by atoms with Crippen molar-refractivity contribution in [2.45, 2.75) is 0 Å². The molecule has 3 aromatic carbocycles. The molecular weight excluding hydrogens is 829 g/mol. The van der Waals surface area contributed by atoms with E-state index in [4.69, 9.17) is 10.0 Å². The van der Waals surface area contributed by atoms with E-state index in [9.17, 15) is 26.3 Å². The van der Waals surface area contributed by atoms with Gasteiger partial charge in [-0.25, -0.2) is 46.3 Å². The lowest BCUT2D eigenvalue weighted by molar-refractivity contribution is 0.422. The highest BCUT2D eigenvalue weighted by Crippen LogP contribution is 2.28. The third kappa shape index (κ3) is 10.7. The Balaban J connectivity index is 0.000000179. The van der Waals surface area contributed by atoms with Crippen molar-refractivity contribution >= 4 is 44.4 Å². The van der Waals surface area contributed by atoms with E-state index in [0.29, 0.717) is 11.4 Å². The number of hydrogen-bond acceptors (Lipinski definition) is 6. The van der Waals surface area contributed by atoms with Crippen molar-refractivity contribution in [2.75, 3.05) is 0 Å². The molecule has 266 valence electrons. The minimum absolute atomic E-state index is 0.0224. The summed E-state index contributed by atoms with van der Waals surface area (Å²) in [5.41, 5.74) is 2.56. The van der Waals surface area contributed by atoms with Crippen molar-refractivity contribution < 1.29 is 36.4 Å². The average Bonchev–Trinajstić information content (AvgIpc) is 3.15. The zero-order chi connectivity index (χ0) is 38.1. The molecule has 53 heavy (non-hydrogen) atoms. The summed E-state index contributed by atoms with van der Waals surface area (Å²) in [6.07, 6.45) is 0. The Morgan fingerprint density at radius 2 is 0.736 bits per heavy atom. The zero-order valence-corrected chi connectivity index (χ0v) is 30.1. The van der Waals surface area contributed by atoms with Gasteiger partial charge in [-0.05, 0) is 135 Å². The Hall–Kier alpha value is -5.22. The van der Waals surface area contributed by atoms with Gasteiger partial charge >= 0.3 is 7.12 Å². The van der Waals surface area contributed by atoms with Gasteiger partial charge in [0.05, 0.1) is 34.2 Å². The molecule has 0 aliphatic heterocycles. The molecule has 0 aliphatic carbocycles. The molecular formula is C38H23BBr2F6N4O2.